The first-order valence-corrected chi connectivity index (χ1v) is 7.82. The topological polar surface area (TPSA) is 15.3 Å². The van der Waals surface area contributed by atoms with E-state index in [1.54, 1.807) is 0 Å². The maximum Gasteiger partial charge on any atom is 0.0366 e. The minimum atomic E-state index is 0.956. The van der Waals surface area contributed by atoms with Gasteiger partial charge in [0.25, 0.3) is 0 Å². The molecule has 0 aliphatic carbocycles. The van der Waals surface area contributed by atoms with E-state index < -0.39 is 0 Å². The maximum atomic E-state index is 3.45. The fourth-order valence-electron chi connectivity index (χ4n) is 2.97. The van der Waals surface area contributed by atoms with Crippen molar-refractivity contribution in [2.45, 2.75) is 39.5 Å². The molecule has 0 spiro atoms. The van der Waals surface area contributed by atoms with Gasteiger partial charge in [0.15, 0.2) is 0 Å². The van der Waals surface area contributed by atoms with Crippen LogP contribution in [-0.4, -0.2) is 26.2 Å². The molecule has 1 fully saturated rings. The molecular formula is C17H28N2. The SMILES string of the molecule is CCN(CCCC1CCNCC1)c1ccc(C)cc1. The Labute approximate surface area is 118 Å². The average molecular weight is 260 g/mol. The van der Waals surface area contributed by atoms with Crippen molar-refractivity contribution in [3.63, 3.8) is 0 Å². The molecule has 1 aromatic carbocycles. The van der Waals surface area contributed by atoms with Crippen LogP contribution in [0.2, 0.25) is 0 Å². The number of rotatable bonds is 6. The van der Waals surface area contributed by atoms with E-state index in [1.807, 2.05) is 0 Å². The normalized spacial score (nSPS) is 16.5. The number of hydrogen-bond acceptors (Lipinski definition) is 2. The van der Waals surface area contributed by atoms with Crippen LogP contribution in [-0.2, 0) is 0 Å². The smallest absolute Gasteiger partial charge is 0.0366 e. The molecule has 0 saturated carbocycles. The third kappa shape index (κ3) is 4.54. The summed E-state index contributed by atoms with van der Waals surface area (Å²) in [6.07, 6.45) is 5.46. The van der Waals surface area contributed by atoms with Gasteiger partial charge in [-0.2, -0.15) is 0 Å². The Morgan fingerprint density at radius 2 is 1.84 bits per heavy atom. The Morgan fingerprint density at radius 1 is 1.16 bits per heavy atom. The summed E-state index contributed by atoms with van der Waals surface area (Å²) in [6, 6.07) is 8.93. The fraction of sp³-hybridized carbons (Fsp3) is 0.647. The Bertz CT molecular complexity index is 352. The lowest BCUT2D eigenvalue weighted by atomic mass is 9.93. The molecule has 1 aromatic rings. The van der Waals surface area contributed by atoms with Crippen LogP contribution in [0.15, 0.2) is 24.3 Å². The molecule has 106 valence electrons. The Morgan fingerprint density at radius 3 is 2.47 bits per heavy atom. The van der Waals surface area contributed by atoms with E-state index in [0.29, 0.717) is 0 Å². The quantitative estimate of drug-likeness (QED) is 0.840. The van der Waals surface area contributed by atoms with Crippen LogP contribution in [0.25, 0.3) is 0 Å². The fourth-order valence-corrected chi connectivity index (χ4v) is 2.97. The molecule has 0 aromatic heterocycles. The van der Waals surface area contributed by atoms with Crippen LogP contribution in [0.1, 0.15) is 38.2 Å². The maximum absolute atomic E-state index is 3.45. The van der Waals surface area contributed by atoms with Crippen molar-refractivity contribution in [1.29, 1.82) is 0 Å². The summed E-state index contributed by atoms with van der Waals surface area (Å²) >= 11 is 0. The van der Waals surface area contributed by atoms with Crippen LogP contribution in [0.5, 0.6) is 0 Å². The highest BCUT2D eigenvalue weighted by atomic mass is 15.1. The molecule has 19 heavy (non-hydrogen) atoms. The van der Waals surface area contributed by atoms with Gasteiger partial charge < -0.3 is 10.2 Å². The summed E-state index contributed by atoms with van der Waals surface area (Å²) in [5, 5.41) is 3.45. The first-order valence-electron chi connectivity index (χ1n) is 7.82. The summed E-state index contributed by atoms with van der Waals surface area (Å²) in [5.41, 5.74) is 2.72. The van der Waals surface area contributed by atoms with Crippen molar-refractivity contribution in [2.24, 2.45) is 5.92 Å². The highest BCUT2D eigenvalue weighted by molar-refractivity contribution is 5.47. The van der Waals surface area contributed by atoms with Crippen molar-refractivity contribution in [2.75, 3.05) is 31.1 Å². The van der Waals surface area contributed by atoms with Crippen LogP contribution in [0.3, 0.4) is 0 Å². The van der Waals surface area contributed by atoms with Crippen LogP contribution >= 0.6 is 0 Å². The van der Waals surface area contributed by atoms with Crippen LogP contribution in [0.4, 0.5) is 5.69 Å². The van der Waals surface area contributed by atoms with Crippen molar-refractivity contribution in [3.05, 3.63) is 29.8 Å². The molecule has 1 aliphatic heterocycles. The van der Waals surface area contributed by atoms with Crippen molar-refractivity contribution < 1.29 is 0 Å². The third-order valence-electron chi connectivity index (χ3n) is 4.28. The van der Waals surface area contributed by atoms with E-state index in [2.05, 4.69) is 48.3 Å². The molecular weight excluding hydrogens is 232 g/mol. The number of nitrogens with zero attached hydrogens (tertiary/aromatic N) is 1. The Hall–Kier alpha value is -1.02. The lowest BCUT2D eigenvalue weighted by Gasteiger charge is -2.26. The zero-order chi connectivity index (χ0) is 13.5. The van der Waals surface area contributed by atoms with Gasteiger partial charge in [0.2, 0.25) is 0 Å². The number of nitrogens with one attached hydrogen (secondary N) is 1. The number of anilines is 1. The molecule has 0 amide bonds. The summed E-state index contributed by atoms with van der Waals surface area (Å²) in [6.45, 7) is 9.15. The first-order chi connectivity index (χ1) is 9.29. The van der Waals surface area contributed by atoms with Gasteiger partial charge in [-0.1, -0.05) is 17.7 Å². The molecule has 1 N–H and O–H groups in total. The monoisotopic (exact) mass is 260 g/mol. The number of hydrogen-bond donors (Lipinski definition) is 1. The molecule has 1 heterocycles. The molecule has 1 saturated heterocycles. The van der Waals surface area contributed by atoms with Gasteiger partial charge >= 0.3 is 0 Å². The van der Waals surface area contributed by atoms with E-state index in [9.17, 15) is 0 Å². The van der Waals surface area contributed by atoms with Crippen molar-refractivity contribution >= 4 is 5.69 Å². The van der Waals surface area contributed by atoms with Crippen LogP contribution < -0.4 is 10.2 Å². The number of aryl methyl sites for hydroxylation is 1. The van der Waals surface area contributed by atoms with Gasteiger partial charge in [0.05, 0.1) is 0 Å². The largest absolute Gasteiger partial charge is 0.372 e. The standard InChI is InChI=1S/C17H28N2/c1-3-19(17-8-6-15(2)7-9-17)14-4-5-16-10-12-18-13-11-16/h6-9,16,18H,3-5,10-14H2,1-2H3. The second-order valence-electron chi connectivity index (χ2n) is 5.75. The van der Waals surface area contributed by atoms with Gasteiger partial charge in [-0.05, 0) is 70.7 Å². The van der Waals surface area contributed by atoms with Crippen LogP contribution in [0, 0.1) is 12.8 Å². The first kappa shape index (κ1) is 14.4. The van der Waals surface area contributed by atoms with Gasteiger partial charge in [-0.15, -0.1) is 0 Å². The molecule has 2 nitrogen and oxygen atoms in total. The lowest BCUT2D eigenvalue weighted by Crippen LogP contribution is -2.29. The summed E-state index contributed by atoms with van der Waals surface area (Å²) in [7, 11) is 0. The summed E-state index contributed by atoms with van der Waals surface area (Å²) in [4.78, 5) is 2.50. The zero-order valence-corrected chi connectivity index (χ0v) is 12.5. The van der Waals surface area contributed by atoms with Gasteiger partial charge in [-0.3, -0.25) is 0 Å². The molecule has 0 bridgehead atoms. The molecule has 0 unspecified atom stereocenters. The minimum absolute atomic E-state index is 0.956. The third-order valence-corrected chi connectivity index (χ3v) is 4.28. The molecule has 0 radical (unpaired) electrons. The summed E-state index contributed by atoms with van der Waals surface area (Å²) in [5.74, 6) is 0.956. The minimum Gasteiger partial charge on any atom is -0.372 e. The molecule has 2 heteroatoms. The van der Waals surface area contributed by atoms with Crippen molar-refractivity contribution in [1.82, 2.24) is 5.32 Å². The van der Waals surface area contributed by atoms with E-state index in [0.717, 1.165) is 12.5 Å². The average Bonchev–Trinajstić information content (AvgIpc) is 2.46. The van der Waals surface area contributed by atoms with Gasteiger partial charge in [0, 0.05) is 18.8 Å². The lowest BCUT2D eigenvalue weighted by molar-refractivity contribution is 0.347. The molecule has 1 aliphatic rings. The number of piperidine rings is 1. The zero-order valence-electron chi connectivity index (χ0n) is 12.5. The van der Waals surface area contributed by atoms with E-state index in [-0.39, 0.29) is 0 Å². The molecule has 0 atom stereocenters. The summed E-state index contributed by atoms with van der Waals surface area (Å²) < 4.78 is 0. The number of benzene rings is 1. The predicted octanol–water partition coefficient (Wildman–Crippen LogP) is 3.60. The highest BCUT2D eigenvalue weighted by Gasteiger charge is 2.13. The second kappa shape index (κ2) is 7.54. The van der Waals surface area contributed by atoms with Gasteiger partial charge in [-0.25, -0.2) is 0 Å². The second-order valence-corrected chi connectivity index (χ2v) is 5.75. The predicted molar refractivity (Wildman–Crippen MR) is 83.9 cm³/mol. The van der Waals surface area contributed by atoms with E-state index >= 15 is 0 Å². The molecule has 2 rings (SSSR count). The van der Waals surface area contributed by atoms with Crippen molar-refractivity contribution in [3.8, 4) is 0 Å². The Balaban J connectivity index is 1.77. The highest BCUT2D eigenvalue weighted by Crippen LogP contribution is 2.20. The Kier molecular flexibility index (Phi) is 5.71. The van der Waals surface area contributed by atoms with Gasteiger partial charge in [0.1, 0.15) is 0 Å². The van der Waals surface area contributed by atoms with E-state index in [1.165, 1.54) is 56.6 Å². The van der Waals surface area contributed by atoms with E-state index in [4.69, 9.17) is 0 Å².